The van der Waals surface area contributed by atoms with E-state index in [4.69, 9.17) is 0 Å². The third kappa shape index (κ3) is 1.85. The fraction of sp³-hybridized carbons (Fsp3) is 0.273. The summed E-state index contributed by atoms with van der Waals surface area (Å²) < 4.78 is 8.95. The van der Waals surface area contributed by atoms with Gasteiger partial charge < -0.3 is 4.74 Å². The molecule has 0 aliphatic rings. The first kappa shape index (κ1) is 10.1. The molecule has 0 spiro atoms. The lowest BCUT2D eigenvalue weighted by molar-refractivity contribution is -0.139. The molecule has 0 unspecified atom stereocenters. The van der Waals surface area contributed by atoms with Crippen LogP contribution in [0.25, 0.3) is 10.9 Å². The van der Waals surface area contributed by atoms with E-state index in [9.17, 15) is 4.79 Å². The van der Waals surface area contributed by atoms with Crippen LogP contribution in [0.2, 0.25) is 0 Å². The predicted octanol–water partition coefficient (Wildman–Crippen LogP) is 2.32. The number of carbonyl (C=O) groups excluding carboxylic acids is 1. The lowest BCUT2D eigenvalue weighted by atomic mass is 10.1. The van der Waals surface area contributed by atoms with Crippen LogP contribution in [-0.4, -0.2) is 17.5 Å². The second-order valence-electron chi connectivity index (χ2n) is 3.33. The van der Waals surface area contributed by atoms with Gasteiger partial charge in [0, 0.05) is 10.3 Å². The number of esters is 1. The second-order valence-corrected chi connectivity index (χ2v) is 4.19. The Morgan fingerprint density at radius 1 is 1.53 bits per heavy atom. The molecule has 1 aromatic carbocycles. The number of rotatable bonds is 2. The number of carbonyl (C=O) groups is 1. The maximum absolute atomic E-state index is 11.2. The number of hydrogen-bond acceptors (Lipinski definition) is 4. The van der Waals surface area contributed by atoms with Gasteiger partial charge in [-0.15, -0.1) is 0 Å². The Kier molecular flexibility index (Phi) is 2.68. The van der Waals surface area contributed by atoms with Gasteiger partial charge in [0.15, 0.2) is 0 Å². The van der Waals surface area contributed by atoms with E-state index in [-0.39, 0.29) is 5.97 Å². The minimum atomic E-state index is -0.219. The Balaban J connectivity index is 2.48. The van der Waals surface area contributed by atoms with E-state index in [1.165, 1.54) is 18.6 Å². The maximum Gasteiger partial charge on any atom is 0.310 e. The van der Waals surface area contributed by atoms with Gasteiger partial charge in [0.05, 0.1) is 19.0 Å². The molecule has 0 aliphatic carbocycles. The topological polar surface area (TPSA) is 39.2 Å². The Hall–Kier alpha value is -1.42. The van der Waals surface area contributed by atoms with Crippen molar-refractivity contribution in [1.82, 2.24) is 4.37 Å². The van der Waals surface area contributed by atoms with Crippen molar-refractivity contribution in [3.63, 3.8) is 0 Å². The number of ether oxygens (including phenoxy) is 1. The highest BCUT2D eigenvalue weighted by molar-refractivity contribution is 7.07. The number of aromatic nitrogens is 1. The van der Waals surface area contributed by atoms with Crippen LogP contribution in [0.15, 0.2) is 18.2 Å². The lowest BCUT2D eigenvalue weighted by Crippen LogP contribution is -2.03. The largest absolute Gasteiger partial charge is 0.469 e. The van der Waals surface area contributed by atoms with Crippen LogP contribution in [0.4, 0.5) is 0 Å². The second kappa shape index (κ2) is 3.98. The number of benzene rings is 1. The van der Waals surface area contributed by atoms with Crippen LogP contribution < -0.4 is 0 Å². The van der Waals surface area contributed by atoms with Crippen molar-refractivity contribution in [2.45, 2.75) is 13.3 Å². The molecule has 2 aromatic rings. The van der Waals surface area contributed by atoms with E-state index >= 15 is 0 Å². The molecule has 0 amide bonds. The number of aryl methyl sites for hydroxylation is 1. The van der Waals surface area contributed by atoms with E-state index in [2.05, 4.69) is 9.11 Å². The molecule has 1 aromatic heterocycles. The summed E-state index contributed by atoms with van der Waals surface area (Å²) in [6, 6.07) is 5.95. The third-order valence-corrected chi connectivity index (χ3v) is 3.17. The van der Waals surface area contributed by atoms with Gasteiger partial charge in [0.2, 0.25) is 0 Å². The summed E-state index contributed by atoms with van der Waals surface area (Å²) in [4.78, 5) is 12.2. The zero-order chi connectivity index (χ0) is 10.8. The zero-order valence-corrected chi connectivity index (χ0v) is 9.43. The molecule has 2 rings (SSSR count). The SMILES string of the molecule is COC(=O)Cc1snc2cccc(C)c12. The number of nitrogens with zero attached hydrogens (tertiary/aromatic N) is 1. The molecule has 0 aliphatic heterocycles. The van der Waals surface area contributed by atoms with Crippen molar-refractivity contribution < 1.29 is 9.53 Å². The van der Waals surface area contributed by atoms with Crippen LogP contribution >= 0.6 is 11.5 Å². The first-order chi connectivity index (χ1) is 7.22. The van der Waals surface area contributed by atoms with Crippen LogP contribution in [0.5, 0.6) is 0 Å². The molecule has 0 saturated heterocycles. The molecule has 3 nitrogen and oxygen atoms in total. The fourth-order valence-corrected chi connectivity index (χ4v) is 2.46. The zero-order valence-electron chi connectivity index (χ0n) is 8.61. The van der Waals surface area contributed by atoms with Crippen molar-refractivity contribution in [2.75, 3.05) is 7.11 Å². The summed E-state index contributed by atoms with van der Waals surface area (Å²) in [5.41, 5.74) is 2.11. The Labute approximate surface area is 91.8 Å². The normalized spacial score (nSPS) is 10.5. The summed E-state index contributed by atoms with van der Waals surface area (Å²) in [5.74, 6) is -0.219. The predicted molar refractivity (Wildman–Crippen MR) is 60.1 cm³/mol. The maximum atomic E-state index is 11.2. The molecule has 0 N–H and O–H groups in total. The van der Waals surface area contributed by atoms with Gasteiger partial charge in [0.1, 0.15) is 0 Å². The quantitative estimate of drug-likeness (QED) is 0.730. The molecule has 0 saturated carbocycles. The minimum Gasteiger partial charge on any atom is -0.469 e. The Morgan fingerprint density at radius 3 is 3.07 bits per heavy atom. The van der Waals surface area contributed by atoms with Crippen molar-refractivity contribution in [2.24, 2.45) is 0 Å². The highest BCUT2D eigenvalue weighted by atomic mass is 32.1. The molecule has 4 heteroatoms. The van der Waals surface area contributed by atoms with E-state index in [0.29, 0.717) is 6.42 Å². The summed E-state index contributed by atoms with van der Waals surface area (Å²) in [5, 5.41) is 1.09. The molecular weight excluding hydrogens is 210 g/mol. The van der Waals surface area contributed by atoms with Gasteiger partial charge in [-0.2, -0.15) is 4.37 Å². The van der Waals surface area contributed by atoms with E-state index in [1.54, 1.807) is 0 Å². The first-order valence-electron chi connectivity index (χ1n) is 4.63. The number of hydrogen-bond donors (Lipinski definition) is 0. The van der Waals surface area contributed by atoms with E-state index < -0.39 is 0 Å². The molecule has 0 radical (unpaired) electrons. The molecule has 1 heterocycles. The highest BCUT2D eigenvalue weighted by Gasteiger charge is 2.11. The van der Waals surface area contributed by atoms with Gasteiger partial charge >= 0.3 is 5.97 Å². The minimum absolute atomic E-state index is 0.219. The standard InChI is InChI=1S/C11H11NO2S/c1-7-4-3-5-8-11(7)9(15-12-8)6-10(13)14-2/h3-5H,6H2,1-2H3. The summed E-state index contributed by atoms with van der Waals surface area (Å²) in [6.07, 6.45) is 0.308. The van der Waals surface area contributed by atoms with Gasteiger partial charge in [0.25, 0.3) is 0 Å². The molecule has 0 atom stereocenters. The monoisotopic (exact) mass is 221 g/mol. The van der Waals surface area contributed by atoms with E-state index in [1.807, 2.05) is 25.1 Å². The average Bonchev–Trinajstić information content (AvgIpc) is 2.63. The van der Waals surface area contributed by atoms with Crippen LogP contribution in [0.1, 0.15) is 10.4 Å². The van der Waals surface area contributed by atoms with Gasteiger partial charge in [-0.05, 0) is 30.1 Å². The van der Waals surface area contributed by atoms with Crippen LogP contribution in [0, 0.1) is 6.92 Å². The summed E-state index contributed by atoms with van der Waals surface area (Å²) in [7, 11) is 1.40. The number of methoxy groups -OCH3 is 1. The number of fused-ring (bicyclic) bond motifs is 1. The highest BCUT2D eigenvalue weighted by Crippen LogP contribution is 2.26. The van der Waals surface area contributed by atoms with Crippen LogP contribution in [-0.2, 0) is 16.0 Å². The van der Waals surface area contributed by atoms with Gasteiger partial charge in [-0.1, -0.05) is 12.1 Å². The molecule has 0 bridgehead atoms. The fourth-order valence-electron chi connectivity index (χ4n) is 1.56. The van der Waals surface area contributed by atoms with Crippen molar-refractivity contribution in [1.29, 1.82) is 0 Å². The molecule has 78 valence electrons. The molecular formula is C11H11NO2S. The van der Waals surface area contributed by atoms with Crippen molar-refractivity contribution in [3.8, 4) is 0 Å². The lowest BCUT2D eigenvalue weighted by Gasteiger charge is -1.99. The van der Waals surface area contributed by atoms with Crippen molar-refractivity contribution >= 4 is 28.4 Å². The molecule has 0 fully saturated rings. The van der Waals surface area contributed by atoms with Crippen molar-refractivity contribution in [3.05, 3.63) is 28.6 Å². The van der Waals surface area contributed by atoms with Crippen LogP contribution in [0.3, 0.4) is 0 Å². The summed E-state index contributed by atoms with van der Waals surface area (Å²) >= 11 is 1.37. The van der Waals surface area contributed by atoms with Gasteiger partial charge in [-0.3, -0.25) is 4.79 Å². The average molecular weight is 221 g/mol. The third-order valence-electron chi connectivity index (χ3n) is 2.32. The van der Waals surface area contributed by atoms with Gasteiger partial charge in [-0.25, -0.2) is 0 Å². The summed E-state index contributed by atoms with van der Waals surface area (Å²) in [6.45, 7) is 2.03. The smallest absolute Gasteiger partial charge is 0.310 e. The Morgan fingerprint density at radius 2 is 2.33 bits per heavy atom. The Bertz CT molecular complexity index is 504. The van der Waals surface area contributed by atoms with E-state index in [0.717, 1.165) is 21.3 Å². The first-order valence-corrected chi connectivity index (χ1v) is 5.40. The molecule has 15 heavy (non-hydrogen) atoms.